The van der Waals surface area contributed by atoms with Crippen LogP contribution in [0.1, 0.15) is 67.2 Å². The smallest absolute Gasteiger partial charge is 0.255 e. The van der Waals surface area contributed by atoms with Gasteiger partial charge in [-0.05, 0) is 56.2 Å². The van der Waals surface area contributed by atoms with Gasteiger partial charge in [-0.15, -0.1) is 0 Å². The van der Waals surface area contributed by atoms with Crippen molar-refractivity contribution in [2.45, 2.75) is 52.5 Å². The number of halogens is 2. The minimum absolute atomic E-state index is 0.254. The zero-order valence-electron chi connectivity index (χ0n) is 19.4. The van der Waals surface area contributed by atoms with Crippen molar-refractivity contribution < 1.29 is 19.1 Å². The van der Waals surface area contributed by atoms with Crippen molar-refractivity contribution >= 4 is 43.7 Å². The van der Waals surface area contributed by atoms with Gasteiger partial charge in [-0.1, -0.05) is 58.5 Å². The summed E-state index contributed by atoms with van der Waals surface area (Å²) in [7, 11) is 0. The van der Waals surface area contributed by atoms with Crippen LogP contribution in [0.25, 0.3) is 0 Å². The maximum Gasteiger partial charge on any atom is 0.255 e. The van der Waals surface area contributed by atoms with Gasteiger partial charge in [0.2, 0.25) is 0 Å². The molecule has 33 heavy (non-hydrogen) atoms. The Balaban J connectivity index is 1.98. The average molecular weight is 584 g/mol. The number of amides is 2. The van der Waals surface area contributed by atoms with E-state index in [-0.39, 0.29) is 24.4 Å². The van der Waals surface area contributed by atoms with E-state index in [1.807, 2.05) is 19.1 Å². The van der Waals surface area contributed by atoms with Gasteiger partial charge in [0.05, 0.1) is 24.3 Å². The SMILES string of the molecule is CCCCOc1ccc(Br)cc1C(=O)NCC(C)NC(=O)c1cc(Br)ccc1OCCCC. The Morgan fingerprint density at radius 1 is 0.848 bits per heavy atom. The zero-order chi connectivity index (χ0) is 24.2. The number of ether oxygens (including phenoxy) is 2. The normalized spacial score (nSPS) is 11.5. The van der Waals surface area contributed by atoms with E-state index in [1.165, 1.54) is 0 Å². The lowest BCUT2D eigenvalue weighted by molar-refractivity contribution is 0.0907. The van der Waals surface area contributed by atoms with Crippen LogP contribution in [0.5, 0.6) is 11.5 Å². The molecule has 0 heterocycles. The van der Waals surface area contributed by atoms with E-state index in [4.69, 9.17) is 9.47 Å². The van der Waals surface area contributed by atoms with E-state index < -0.39 is 0 Å². The average Bonchev–Trinajstić information content (AvgIpc) is 2.79. The van der Waals surface area contributed by atoms with Crippen molar-refractivity contribution in [3.05, 3.63) is 56.5 Å². The van der Waals surface area contributed by atoms with Crippen molar-refractivity contribution in [1.82, 2.24) is 10.6 Å². The molecule has 0 aliphatic heterocycles. The molecule has 0 radical (unpaired) electrons. The lowest BCUT2D eigenvalue weighted by Gasteiger charge is -2.18. The van der Waals surface area contributed by atoms with Crippen LogP contribution in [-0.4, -0.2) is 37.6 Å². The molecule has 8 heteroatoms. The van der Waals surface area contributed by atoms with Crippen molar-refractivity contribution in [3.8, 4) is 11.5 Å². The number of hydrogen-bond acceptors (Lipinski definition) is 4. The summed E-state index contributed by atoms with van der Waals surface area (Å²) >= 11 is 6.83. The van der Waals surface area contributed by atoms with Gasteiger partial charge in [0.25, 0.3) is 11.8 Å². The van der Waals surface area contributed by atoms with Crippen molar-refractivity contribution in [3.63, 3.8) is 0 Å². The summed E-state index contributed by atoms with van der Waals surface area (Å²) in [4.78, 5) is 25.7. The van der Waals surface area contributed by atoms with Crippen LogP contribution >= 0.6 is 31.9 Å². The Morgan fingerprint density at radius 2 is 1.33 bits per heavy atom. The number of nitrogens with one attached hydrogen (secondary N) is 2. The third-order valence-electron chi connectivity index (χ3n) is 4.83. The van der Waals surface area contributed by atoms with Crippen LogP contribution in [-0.2, 0) is 0 Å². The molecule has 0 saturated heterocycles. The van der Waals surface area contributed by atoms with E-state index in [0.29, 0.717) is 35.8 Å². The standard InChI is InChI=1S/C25H32Br2N2O4/c1-4-6-12-32-22-10-8-18(26)14-20(22)24(30)28-16-17(3)29-25(31)21-15-19(27)9-11-23(21)33-13-7-5-2/h8-11,14-15,17H,4-7,12-13,16H2,1-3H3,(H,28,30)(H,29,31). The fourth-order valence-corrected chi connectivity index (χ4v) is 3.68. The topological polar surface area (TPSA) is 76.7 Å². The maximum absolute atomic E-state index is 12.9. The molecule has 2 N–H and O–H groups in total. The van der Waals surface area contributed by atoms with Crippen LogP contribution in [0.15, 0.2) is 45.3 Å². The summed E-state index contributed by atoms with van der Waals surface area (Å²) in [5, 5.41) is 5.82. The molecule has 1 unspecified atom stereocenters. The molecule has 180 valence electrons. The van der Waals surface area contributed by atoms with Gasteiger partial charge >= 0.3 is 0 Å². The lowest BCUT2D eigenvalue weighted by atomic mass is 10.1. The largest absolute Gasteiger partial charge is 0.493 e. The van der Waals surface area contributed by atoms with E-state index in [1.54, 1.807) is 24.3 Å². The van der Waals surface area contributed by atoms with Gasteiger partial charge in [-0.3, -0.25) is 9.59 Å². The summed E-state index contributed by atoms with van der Waals surface area (Å²) in [6.07, 6.45) is 3.86. The Kier molecular flexibility index (Phi) is 11.7. The Morgan fingerprint density at radius 3 is 1.82 bits per heavy atom. The van der Waals surface area contributed by atoms with E-state index in [2.05, 4.69) is 56.3 Å². The van der Waals surface area contributed by atoms with Crippen LogP contribution in [0.3, 0.4) is 0 Å². The number of rotatable bonds is 13. The number of hydrogen-bond donors (Lipinski definition) is 2. The molecule has 6 nitrogen and oxygen atoms in total. The zero-order valence-corrected chi connectivity index (χ0v) is 22.6. The van der Waals surface area contributed by atoms with Gasteiger partial charge in [0.15, 0.2) is 0 Å². The van der Waals surface area contributed by atoms with E-state index >= 15 is 0 Å². The van der Waals surface area contributed by atoms with Crippen LogP contribution in [0, 0.1) is 0 Å². The molecule has 0 saturated carbocycles. The molecule has 0 aromatic heterocycles. The molecule has 0 spiro atoms. The van der Waals surface area contributed by atoms with E-state index in [9.17, 15) is 9.59 Å². The van der Waals surface area contributed by atoms with Gasteiger partial charge in [-0.25, -0.2) is 0 Å². The molecule has 0 fully saturated rings. The van der Waals surface area contributed by atoms with Crippen LogP contribution in [0.4, 0.5) is 0 Å². The van der Waals surface area contributed by atoms with Crippen LogP contribution in [0.2, 0.25) is 0 Å². The van der Waals surface area contributed by atoms with Gasteiger partial charge in [0, 0.05) is 21.5 Å². The minimum atomic E-state index is -0.291. The molecule has 2 rings (SSSR count). The van der Waals surface area contributed by atoms with Crippen LogP contribution < -0.4 is 20.1 Å². The first-order chi connectivity index (χ1) is 15.8. The number of unbranched alkanes of at least 4 members (excludes halogenated alkanes) is 2. The fraction of sp³-hybridized carbons (Fsp3) is 0.440. The molecular formula is C25H32Br2N2O4. The van der Waals surface area contributed by atoms with Gasteiger partial charge in [-0.2, -0.15) is 0 Å². The summed E-state index contributed by atoms with van der Waals surface area (Å²) < 4.78 is 13.2. The maximum atomic E-state index is 12.9. The molecule has 0 aliphatic carbocycles. The second-order valence-electron chi connectivity index (χ2n) is 7.77. The molecule has 0 bridgehead atoms. The Hall–Kier alpha value is -2.06. The second kappa shape index (κ2) is 14.3. The van der Waals surface area contributed by atoms with Crippen molar-refractivity contribution in [2.24, 2.45) is 0 Å². The highest BCUT2D eigenvalue weighted by molar-refractivity contribution is 9.10. The quantitative estimate of drug-likeness (QED) is 0.279. The second-order valence-corrected chi connectivity index (χ2v) is 9.60. The predicted octanol–water partition coefficient (Wildman–Crippen LogP) is 6.12. The number of carbonyl (C=O) groups excluding carboxylic acids is 2. The molecule has 1 atom stereocenters. The third kappa shape index (κ3) is 9.01. The summed E-state index contributed by atoms with van der Waals surface area (Å²) in [6, 6.07) is 10.5. The van der Waals surface area contributed by atoms with Gasteiger partial charge < -0.3 is 20.1 Å². The highest BCUT2D eigenvalue weighted by Crippen LogP contribution is 2.25. The molecule has 2 aromatic carbocycles. The predicted molar refractivity (Wildman–Crippen MR) is 138 cm³/mol. The Labute approximate surface area is 213 Å². The number of carbonyl (C=O) groups is 2. The van der Waals surface area contributed by atoms with Gasteiger partial charge in [0.1, 0.15) is 11.5 Å². The highest BCUT2D eigenvalue weighted by atomic mass is 79.9. The number of benzene rings is 2. The van der Waals surface area contributed by atoms with Crippen molar-refractivity contribution in [1.29, 1.82) is 0 Å². The first-order valence-corrected chi connectivity index (χ1v) is 12.9. The first-order valence-electron chi connectivity index (χ1n) is 11.3. The summed E-state index contributed by atoms with van der Waals surface area (Å²) in [5.41, 5.74) is 0.912. The van der Waals surface area contributed by atoms with E-state index in [0.717, 1.165) is 34.6 Å². The molecule has 2 aromatic rings. The Bertz CT molecular complexity index is 937. The highest BCUT2D eigenvalue weighted by Gasteiger charge is 2.18. The summed E-state index contributed by atoms with van der Waals surface area (Å²) in [6.45, 7) is 7.39. The molecule has 0 aliphatic rings. The molecule has 2 amide bonds. The fourth-order valence-electron chi connectivity index (χ4n) is 2.96. The van der Waals surface area contributed by atoms with Crippen molar-refractivity contribution in [2.75, 3.05) is 19.8 Å². The third-order valence-corrected chi connectivity index (χ3v) is 5.82. The monoisotopic (exact) mass is 582 g/mol. The first kappa shape index (κ1) is 27.2. The summed E-state index contributed by atoms with van der Waals surface area (Å²) in [5.74, 6) is 0.581. The minimum Gasteiger partial charge on any atom is -0.493 e. The molecular weight excluding hydrogens is 552 g/mol. The lowest BCUT2D eigenvalue weighted by Crippen LogP contribution is -2.42.